The summed E-state index contributed by atoms with van der Waals surface area (Å²) in [5.41, 5.74) is 15.9. The second kappa shape index (κ2) is 16.0. The number of primary amides is 2. The van der Waals surface area contributed by atoms with Gasteiger partial charge >= 0.3 is 11.9 Å². The number of nitrogens with one attached hydrogen (secondary N) is 3. The molecule has 0 rings (SSSR count). The number of carboxylic acids is 2. The number of carbonyl (C=O) groups is 7. The van der Waals surface area contributed by atoms with Crippen LogP contribution in [0.3, 0.4) is 0 Å². The maximum atomic E-state index is 12.9. The summed E-state index contributed by atoms with van der Waals surface area (Å²) in [7, 11) is 0. The first-order valence-corrected chi connectivity index (χ1v) is 11.3. The smallest absolute Gasteiger partial charge is 0.326 e. The van der Waals surface area contributed by atoms with E-state index in [1.165, 1.54) is 0 Å². The fraction of sp³-hybridized carbons (Fsp3) is 0.667. The number of carboxylic acid groups (broad SMARTS) is 2. The van der Waals surface area contributed by atoms with E-state index in [-0.39, 0.29) is 44.4 Å². The molecular weight excluding hydrogens is 480 g/mol. The zero-order valence-corrected chi connectivity index (χ0v) is 20.3. The van der Waals surface area contributed by atoms with Gasteiger partial charge in [-0.2, -0.15) is 0 Å². The Bertz CT molecular complexity index is 833. The number of carbonyl (C=O) groups excluding carboxylic acids is 5. The van der Waals surface area contributed by atoms with Gasteiger partial charge in [0, 0.05) is 19.3 Å². The summed E-state index contributed by atoms with van der Waals surface area (Å²) in [6, 6.07) is -5.24. The van der Waals surface area contributed by atoms with E-state index in [9.17, 15) is 38.7 Å². The van der Waals surface area contributed by atoms with E-state index in [1.807, 2.05) is 0 Å². The SMILES string of the molecule is CC(C)CC(NC(=O)C(CCC(N)=O)NC(=O)C(N)CCC(N)=O)C(=O)NC(CCC(=O)O)C(=O)O. The molecular formula is C21H36N6O9. The Balaban J connectivity index is 5.56. The zero-order chi connectivity index (χ0) is 28.0. The summed E-state index contributed by atoms with van der Waals surface area (Å²) in [5.74, 6) is -6.78. The number of nitrogens with two attached hydrogens (primary N) is 3. The molecule has 5 amide bonds. The summed E-state index contributed by atoms with van der Waals surface area (Å²) in [6.07, 6.45) is -1.56. The Kier molecular flexibility index (Phi) is 14.4. The van der Waals surface area contributed by atoms with Crippen LogP contribution in [0.2, 0.25) is 0 Å². The Morgan fingerprint density at radius 2 is 1.11 bits per heavy atom. The van der Waals surface area contributed by atoms with Gasteiger partial charge in [-0.3, -0.25) is 28.8 Å². The summed E-state index contributed by atoms with van der Waals surface area (Å²) >= 11 is 0. The predicted octanol–water partition coefficient (Wildman–Crippen LogP) is -2.71. The summed E-state index contributed by atoms with van der Waals surface area (Å²) in [4.78, 5) is 82.5. The fourth-order valence-electron chi connectivity index (χ4n) is 3.04. The first-order chi connectivity index (χ1) is 16.6. The van der Waals surface area contributed by atoms with Crippen molar-refractivity contribution in [2.75, 3.05) is 0 Å². The highest BCUT2D eigenvalue weighted by Gasteiger charge is 2.31. The van der Waals surface area contributed by atoms with E-state index in [4.69, 9.17) is 22.3 Å². The largest absolute Gasteiger partial charge is 0.481 e. The molecule has 15 heteroatoms. The molecule has 0 aliphatic rings. The van der Waals surface area contributed by atoms with Crippen LogP contribution in [0.15, 0.2) is 0 Å². The minimum atomic E-state index is -1.51. The van der Waals surface area contributed by atoms with Crippen molar-refractivity contribution in [3.8, 4) is 0 Å². The Morgan fingerprint density at radius 3 is 1.58 bits per heavy atom. The molecule has 0 aromatic rings. The molecule has 0 aromatic carbocycles. The van der Waals surface area contributed by atoms with Crippen molar-refractivity contribution < 1.29 is 43.8 Å². The van der Waals surface area contributed by atoms with Crippen molar-refractivity contribution in [3.63, 3.8) is 0 Å². The van der Waals surface area contributed by atoms with Crippen LogP contribution in [0.5, 0.6) is 0 Å². The predicted molar refractivity (Wildman–Crippen MR) is 125 cm³/mol. The summed E-state index contributed by atoms with van der Waals surface area (Å²) in [5, 5.41) is 25.1. The molecule has 204 valence electrons. The monoisotopic (exact) mass is 516 g/mol. The van der Waals surface area contributed by atoms with Gasteiger partial charge in [-0.05, 0) is 31.6 Å². The van der Waals surface area contributed by atoms with Gasteiger partial charge in [0.05, 0.1) is 6.04 Å². The quantitative estimate of drug-likeness (QED) is 0.0932. The number of amides is 5. The van der Waals surface area contributed by atoms with E-state index in [0.29, 0.717) is 0 Å². The van der Waals surface area contributed by atoms with Crippen molar-refractivity contribution in [2.45, 2.75) is 83.0 Å². The molecule has 0 saturated carbocycles. The molecule has 0 spiro atoms. The van der Waals surface area contributed by atoms with E-state index in [2.05, 4.69) is 16.0 Å². The maximum Gasteiger partial charge on any atom is 0.326 e. The van der Waals surface area contributed by atoms with Crippen molar-refractivity contribution in [2.24, 2.45) is 23.1 Å². The van der Waals surface area contributed by atoms with E-state index >= 15 is 0 Å². The van der Waals surface area contributed by atoms with Crippen LogP contribution in [-0.2, 0) is 33.6 Å². The molecule has 0 heterocycles. The lowest BCUT2D eigenvalue weighted by Crippen LogP contribution is -2.57. The van der Waals surface area contributed by atoms with Gasteiger partial charge in [0.1, 0.15) is 18.1 Å². The van der Waals surface area contributed by atoms with E-state index in [1.54, 1.807) is 13.8 Å². The second-order valence-electron chi connectivity index (χ2n) is 8.70. The van der Waals surface area contributed by atoms with Crippen LogP contribution < -0.4 is 33.2 Å². The molecule has 0 aromatic heterocycles. The number of hydrogen-bond acceptors (Lipinski definition) is 8. The highest BCUT2D eigenvalue weighted by molar-refractivity contribution is 5.94. The summed E-state index contributed by atoms with van der Waals surface area (Å²) < 4.78 is 0. The topological polar surface area (TPSA) is 274 Å². The van der Waals surface area contributed by atoms with Crippen LogP contribution in [0.4, 0.5) is 0 Å². The number of hydrogen-bond donors (Lipinski definition) is 8. The third-order valence-corrected chi connectivity index (χ3v) is 4.95. The van der Waals surface area contributed by atoms with Crippen LogP contribution in [0.1, 0.15) is 58.8 Å². The normalized spacial score (nSPS) is 14.1. The minimum Gasteiger partial charge on any atom is -0.481 e. The van der Waals surface area contributed by atoms with E-state index < -0.39 is 72.1 Å². The Hall–Kier alpha value is -3.75. The van der Waals surface area contributed by atoms with Gasteiger partial charge in [-0.1, -0.05) is 13.8 Å². The average Bonchev–Trinajstić information content (AvgIpc) is 2.75. The van der Waals surface area contributed by atoms with Crippen molar-refractivity contribution in [3.05, 3.63) is 0 Å². The lowest BCUT2D eigenvalue weighted by Gasteiger charge is -2.26. The second-order valence-corrected chi connectivity index (χ2v) is 8.70. The molecule has 0 radical (unpaired) electrons. The van der Waals surface area contributed by atoms with Gasteiger partial charge < -0.3 is 43.4 Å². The fourth-order valence-corrected chi connectivity index (χ4v) is 3.04. The molecule has 0 aliphatic carbocycles. The van der Waals surface area contributed by atoms with Gasteiger partial charge in [0.2, 0.25) is 29.5 Å². The van der Waals surface area contributed by atoms with Gasteiger partial charge in [0.25, 0.3) is 0 Å². The Labute approximate surface area is 207 Å². The highest BCUT2D eigenvalue weighted by atomic mass is 16.4. The van der Waals surface area contributed by atoms with Gasteiger partial charge in [-0.25, -0.2) is 4.79 Å². The molecule has 0 aliphatic heterocycles. The molecule has 4 atom stereocenters. The van der Waals surface area contributed by atoms with Gasteiger partial charge in [-0.15, -0.1) is 0 Å². The molecule has 36 heavy (non-hydrogen) atoms. The summed E-state index contributed by atoms with van der Waals surface area (Å²) in [6.45, 7) is 3.49. The first kappa shape index (κ1) is 32.2. The third-order valence-electron chi connectivity index (χ3n) is 4.95. The minimum absolute atomic E-state index is 0.0808. The molecule has 0 fully saturated rings. The lowest BCUT2D eigenvalue weighted by molar-refractivity contribution is -0.143. The molecule has 11 N–H and O–H groups in total. The lowest BCUT2D eigenvalue weighted by atomic mass is 10.0. The molecule has 15 nitrogen and oxygen atoms in total. The molecule has 0 bridgehead atoms. The zero-order valence-electron chi connectivity index (χ0n) is 20.3. The van der Waals surface area contributed by atoms with Crippen LogP contribution in [-0.4, -0.2) is 75.9 Å². The Morgan fingerprint density at radius 1 is 0.667 bits per heavy atom. The molecule has 4 unspecified atom stereocenters. The highest BCUT2D eigenvalue weighted by Crippen LogP contribution is 2.09. The first-order valence-electron chi connectivity index (χ1n) is 11.3. The standard InChI is InChI=1S/C21H36N6O9/c1-10(2)9-14(20(34)26-13(21(35)36)5-8-17(30)31)27-19(33)12(4-7-16(24)29)25-18(32)11(22)3-6-15(23)28/h10-14H,3-9,22H2,1-2H3,(H2,23,28)(H2,24,29)(H,25,32)(H,26,34)(H,27,33)(H,30,31)(H,35,36). The molecule has 0 saturated heterocycles. The van der Waals surface area contributed by atoms with E-state index in [0.717, 1.165) is 0 Å². The van der Waals surface area contributed by atoms with Crippen LogP contribution in [0.25, 0.3) is 0 Å². The average molecular weight is 517 g/mol. The maximum absolute atomic E-state index is 12.9. The van der Waals surface area contributed by atoms with Crippen LogP contribution >= 0.6 is 0 Å². The number of aliphatic carboxylic acids is 2. The van der Waals surface area contributed by atoms with Crippen molar-refractivity contribution >= 4 is 41.5 Å². The van der Waals surface area contributed by atoms with Crippen molar-refractivity contribution in [1.82, 2.24) is 16.0 Å². The van der Waals surface area contributed by atoms with Crippen molar-refractivity contribution in [1.29, 1.82) is 0 Å². The number of rotatable bonds is 18. The van der Waals surface area contributed by atoms with Crippen LogP contribution in [0, 0.1) is 5.92 Å². The third kappa shape index (κ3) is 13.8. The van der Waals surface area contributed by atoms with Gasteiger partial charge in [0.15, 0.2) is 0 Å².